The second kappa shape index (κ2) is 7.70. The van der Waals surface area contributed by atoms with Crippen LogP contribution in [0.3, 0.4) is 0 Å². The zero-order valence-corrected chi connectivity index (χ0v) is 18.9. The van der Waals surface area contributed by atoms with Gasteiger partial charge in [-0.2, -0.15) is 12.7 Å². The molecule has 0 aromatic heterocycles. The van der Waals surface area contributed by atoms with Crippen molar-refractivity contribution in [2.45, 2.75) is 61.8 Å². The van der Waals surface area contributed by atoms with Crippen molar-refractivity contribution < 1.29 is 40.0 Å². The number of rotatable bonds is 7. The second-order valence-corrected chi connectivity index (χ2v) is 11.3. The van der Waals surface area contributed by atoms with Crippen LogP contribution in [0.15, 0.2) is 24.3 Å². The van der Waals surface area contributed by atoms with E-state index in [1.54, 1.807) is 24.3 Å². The molecule has 1 amide bonds. The summed E-state index contributed by atoms with van der Waals surface area (Å²) in [5.74, 6) is -0.0983. The Morgan fingerprint density at radius 2 is 1.85 bits per heavy atom. The first-order chi connectivity index (χ1) is 15.4. The van der Waals surface area contributed by atoms with E-state index < -0.39 is 40.0 Å². The van der Waals surface area contributed by atoms with Gasteiger partial charge in [0.15, 0.2) is 6.61 Å². The van der Waals surface area contributed by atoms with Crippen LogP contribution in [0.1, 0.15) is 32.1 Å². The predicted octanol–water partition coefficient (Wildman–Crippen LogP) is 2.77. The van der Waals surface area contributed by atoms with Gasteiger partial charge in [-0.25, -0.2) is 0 Å². The lowest BCUT2D eigenvalue weighted by Crippen LogP contribution is -2.84. The van der Waals surface area contributed by atoms with Crippen LogP contribution in [0.4, 0.5) is 13.2 Å². The second-order valence-electron chi connectivity index (χ2n) is 9.37. The lowest BCUT2D eigenvalue weighted by atomic mass is 9.44. The summed E-state index contributed by atoms with van der Waals surface area (Å²) in [6.45, 7) is -0.0676. The molecule has 5 fully saturated rings. The van der Waals surface area contributed by atoms with Crippen molar-refractivity contribution in [2.75, 3.05) is 13.2 Å². The zero-order valence-electron chi connectivity index (χ0n) is 17.3. The largest absolute Gasteiger partial charge is 0.522 e. The van der Waals surface area contributed by atoms with Gasteiger partial charge in [0.2, 0.25) is 0 Å². The highest BCUT2D eigenvalue weighted by Gasteiger charge is 2.74. The Bertz CT molecular complexity index is 1030. The molecule has 1 aliphatic heterocycles. The first kappa shape index (κ1) is 23.2. The number of halogens is 4. The van der Waals surface area contributed by atoms with Gasteiger partial charge in [-0.05, 0) is 62.3 Å². The molecule has 1 aromatic rings. The summed E-state index contributed by atoms with van der Waals surface area (Å²) in [7, 11) is -3.97. The van der Waals surface area contributed by atoms with Crippen molar-refractivity contribution >= 4 is 27.8 Å². The molecule has 1 atom stereocenters. The Labute approximate surface area is 193 Å². The maximum Gasteiger partial charge on any atom is 0.522 e. The molecule has 0 radical (unpaired) electrons. The van der Waals surface area contributed by atoms with Crippen molar-refractivity contribution in [1.29, 1.82) is 0 Å². The van der Waals surface area contributed by atoms with E-state index in [0.29, 0.717) is 30.0 Å². The zero-order chi connectivity index (χ0) is 23.6. The molecule has 1 saturated heterocycles. The van der Waals surface area contributed by atoms with Crippen LogP contribution in [0.2, 0.25) is 5.02 Å². The van der Waals surface area contributed by atoms with E-state index in [9.17, 15) is 26.4 Å². The summed E-state index contributed by atoms with van der Waals surface area (Å²) in [5.41, 5.74) is -1.07. The quantitative estimate of drug-likeness (QED) is 0.606. The van der Waals surface area contributed by atoms with Crippen LogP contribution in [-0.4, -0.2) is 61.4 Å². The third kappa shape index (κ3) is 4.43. The highest BCUT2D eigenvalue weighted by Crippen LogP contribution is 2.65. The molecule has 1 aromatic carbocycles. The van der Waals surface area contributed by atoms with E-state index in [2.05, 4.69) is 10.1 Å². The number of ether oxygens (including phenoxy) is 2. The van der Waals surface area contributed by atoms with Crippen LogP contribution >= 0.6 is 11.6 Å². The minimum absolute atomic E-state index is 0.105. The van der Waals surface area contributed by atoms with Crippen LogP contribution in [-0.2, 0) is 24.0 Å². The van der Waals surface area contributed by atoms with Gasteiger partial charge < -0.3 is 10.1 Å². The van der Waals surface area contributed by atoms with Crippen LogP contribution in [0.5, 0.6) is 5.75 Å². The fourth-order valence-corrected chi connectivity index (χ4v) is 7.25. The average Bonchev–Trinajstić information content (AvgIpc) is 2.93. The Kier molecular flexibility index (Phi) is 5.41. The normalized spacial score (nSPS) is 36.9. The smallest absolute Gasteiger partial charge is 0.484 e. The van der Waals surface area contributed by atoms with Crippen molar-refractivity contribution in [3.05, 3.63) is 29.3 Å². The topological polar surface area (TPSA) is 94.2 Å². The molecule has 2 bridgehead atoms. The van der Waals surface area contributed by atoms with Crippen LogP contribution in [0, 0.1) is 5.92 Å². The molecular weight excluding hydrogens is 489 g/mol. The summed E-state index contributed by atoms with van der Waals surface area (Å²) in [6, 6.07) is 6.61. The summed E-state index contributed by atoms with van der Waals surface area (Å²) in [4.78, 5) is 12.3. The van der Waals surface area contributed by atoms with Gasteiger partial charge in [0.25, 0.3) is 5.91 Å². The maximum atomic E-state index is 12.6. The molecular formula is C20H22ClF3N2O6S. The van der Waals surface area contributed by atoms with Gasteiger partial charge in [0, 0.05) is 22.6 Å². The number of carbonyl (C=O) groups is 1. The van der Waals surface area contributed by atoms with E-state index in [4.69, 9.17) is 20.5 Å². The van der Waals surface area contributed by atoms with E-state index in [1.165, 1.54) is 4.31 Å². The SMILES string of the molecule is O=C(COc1ccc(Cl)cc1)NC12CC(N3CC(C4CC(OC(F)(F)F)C4)OS3(=O)=O)(C1)C2. The Morgan fingerprint density at radius 1 is 1.21 bits per heavy atom. The summed E-state index contributed by atoms with van der Waals surface area (Å²) >= 11 is 5.81. The van der Waals surface area contributed by atoms with Gasteiger partial charge in [-0.15, -0.1) is 13.2 Å². The van der Waals surface area contributed by atoms with E-state index in [0.717, 1.165) is 0 Å². The molecule has 6 rings (SSSR count). The molecule has 8 nitrogen and oxygen atoms in total. The summed E-state index contributed by atoms with van der Waals surface area (Å²) in [5, 5.41) is 3.48. The van der Waals surface area contributed by atoms with Crippen molar-refractivity contribution in [1.82, 2.24) is 9.62 Å². The molecule has 0 spiro atoms. The monoisotopic (exact) mass is 510 g/mol. The van der Waals surface area contributed by atoms with Gasteiger partial charge in [0.1, 0.15) is 5.75 Å². The first-order valence-corrected chi connectivity index (χ1v) is 12.3. The van der Waals surface area contributed by atoms with E-state index in [1.807, 2.05) is 0 Å². The fourth-order valence-electron chi connectivity index (χ4n) is 5.49. The Morgan fingerprint density at radius 3 is 2.45 bits per heavy atom. The third-order valence-electron chi connectivity index (χ3n) is 6.94. The van der Waals surface area contributed by atoms with E-state index in [-0.39, 0.29) is 37.8 Å². The molecule has 4 saturated carbocycles. The average molecular weight is 511 g/mol. The van der Waals surface area contributed by atoms with Crippen molar-refractivity contribution in [3.63, 3.8) is 0 Å². The molecule has 182 valence electrons. The van der Waals surface area contributed by atoms with Crippen LogP contribution < -0.4 is 10.1 Å². The molecule has 5 aliphatic rings. The fraction of sp³-hybridized carbons (Fsp3) is 0.650. The number of alkyl halides is 3. The van der Waals surface area contributed by atoms with Gasteiger partial charge in [-0.3, -0.25) is 13.7 Å². The number of hydrogen-bond donors (Lipinski definition) is 1. The summed E-state index contributed by atoms with van der Waals surface area (Å²) in [6.07, 6.45) is -4.74. The first-order valence-electron chi connectivity index (χ1n) is 10.5. The molecule has 1 N–H and O–H groups in total. The van der Waals surface area contributed by atoms with E-state index >= 15 is 0 Å². The maximum absolute atomic E-state index is 12.6. The number of amides is 1. The highest BCUT2D eigenvalue weighted by molar-refractivity contribution is 7.84. The van der Waals surface area contributed by atoms with Gasteiger partial charge in [-0.1, -0.05) is 11.6 Å². The number of carbonyl (C=O) groups excluding carboxylic acids is 1. The molecule has 4 aliphatic carbocycles. The molecule has 33 heavy (non-hydrogen) atoms. The Hall–Kier alpha value is -1.60. The number of nitrogens with one attached hydrogen (secondary N) is 1. The number of benzene rings is 1. The Balaban J connectivity index is 1.10. The minimum atomic E-state index is -4.70. The van der Waals surface area contributed by atoms with Gasteiger partial charge >= 0.3 is 16.7 Å². The van der Waals surface area contributed by atoms with Crippen LogP contribution in [0.25, 0.3) is 0 Å². The van der Waals surface area contributed by atoms with Crippen molar-refractivity contribution in [3.8, 4) is 5.75 Å². The minimum Gasteiger partial charge on any atom is -0.484 e. The molecule has 13 heteroatoms. The number of hydrogen-bond acceptors (Lipinski definition) is 6. The third-order valence-corrected chi connectivity index (χ3v) is 8.76. The predicted molar refractivity (Wildman–Crippen MR) is 109 cm³/mol. The molecule has 1 heterocycles. The van der Waals surface area contributed by atoms with Crippen molar-refractivity contribution in [2.24, 2.45) is 5.92 Å². The lowest BCUT2D eigenvalue weighted by molar-refractivity contribution is -0.355. The van der Waals surface area contributed by atoms with Gasteiger partial charge in [0.05, 0.1) is 12.2 Å². The molecule has 1 unspecified atom stereocenters. The number of nitrogens with zero attached hydrogens (tertiary/aromatic N) is 1. The lowest BCUT2D eigenvalue weighted by Gasteiger charge is -2.72. The summed E-state index contributed by atoms with van der Waals surface area (Å²) < 4.78 is 78.1. The highest BCUT2D eigenvalue weighted by atomic mass is 35.5. The standard InChI is InChI=1S/C20H22ClF3N2O6S/c21-13-1-3-14(4-2-13)30-8-17(27)25-18-9-19(10-18,11-18)26-7-16(32-33(26,28)29)12-5-15(6-12)31-20(22,23)24/h1-4,12,15-16H,5-11H2,(H,25,27).